The molecule has 2 aromatic rings. The lowest BCUT2D eigenvalue weighted by Crippen LogP contribution is -2.35. The Morgan fingerprint density at radius 1 is 1.45 bits per heavy atom. The zero-order valence-electron chi connectivity index (χ0n) is 10.8. The molecule has 5 heteroatoms. The van der Waals surface area contributed by atoms with Gasteiger partial charge in [0.2, 0.25) is 0 Å². The third-order valence-corrected chi connectivity index (χ3v) is 4.79. The highest BCUT2D eigenvalue weighted by atomic mass is 79.9. The van der Waals surface area contributed by atoms with Gasteiger partial charge in [-0.05, 0) is 41.1 Å². The summed E-state index contributed by atoms with van der Waals surface area (Å²) < 4.78 is 6.42. The number of halogens is 1. The van der Waals surface area contributed by atoms with E-state index in [0.717, 1.165) is 28.6 Å². The molecule has 20 heavy (non-hydrogen) atoms. The summed E-state index contributed by atoms with van der Waals surface area (Å²) in [4.78, 5) is 13.5. The van der Waals surface area contributed by atoms with E-state index in [1.54, 1.807) is 11.3 Å². The number of rotatable bonds is 3. The van der Waals surface area contributed by atoms with Gasteiger partial charge >= 0.3 is 5.97 Å². The summed E-state index contributed by atoms with van der Waals surface area (Å²) >= 11 is 5.12. The first-order chi connectivity index (χ1) is 9.74. The molecule has 1 aromatic heterocycles. The van der Waals surface area contributed by atoms with E-state index in [-0.39, 0.29) is 12.0 Å². The van der Waals surface area contributed by atoms with Crippen molar-refractivity contribution in [2.45, 2.75) is 19.1 Å². The number of hydrogen-bond acceptors (Lipinski definition) is 4. The first-order valence-corrected chi connectivity index (χ1v) is 8.12. The average Bonchev–Trinajstić information content (AvgIpc) is 2.93. The Bertz CT molecular complexity index is 626. The molecule has 1 aliphatic rings. The van der Waals surface area contributed by atoms with Gasteiger partial charge in [0, 0.05) is 15.9 Å². The molecule has 104 valence electrons. The second-order valence-corrected chi connectivity index (χ2v) is 6.59. The highest BCUT2D eigenvalue weighted by Gasteiger charge is 2.28. The van der Waals surface area contributed by atoms with Crippen molar-refractivity contribution < 1.29 is 9.53 Å². The van der Waals surface area contributed by atoms with Crippen molar-refractivity contribution >= 4 is 33.2 Å². The van der Waals surface area contributed by atoms with Crippen molar-refractivity contribution in [2.24, 2.45) is 0 Å². The molecule has 0 fully saturated rings. The van der Waals surface area contributed by atoms with E-state index >= 15 is 0 Å². The minimum Gasteiger partial charge on any atom is -0.459 e. The lowest BCUT2D eigenvalue weighted by Gasteiger charge is -2.22. The fourth-order valence-electron chi connectivity index (χ4n) is 2.33. The topological polar surface area (TPSA) is 38.3 Å². The zero-order chi connectivity index (χ0) is 13.9. The van der Waals surface area contributed by atoms with Crippen molar-refractivity contribution in [3.8, 4) is 0 Å². The number of benzene rings is 1. The number of nitrogens with one attached hydrogen (secondary N) is 1. The first-order valence-electron chi connectivity index (χ1n) is 6.45. The maximum absolute atomic E-state index is 12.2. The van der Waals surface area contributed by atoms with E-state index in [1.807, 2.05) is 35.7 Å². The Labute approximate surface area is 130 Å². The Hall–Kier alpha value is -1.17. The number of thiophene rings is 1. The molecule has 1 aromatic carbocycles. The molecule has 1 N–H and O–H groups in total. The number of carbonyl (C=O) groups is 1. The van der Waals surface area contributed by atoms with Gasteiger partial charge in [-0.3, -0.25) is 0 Å². The third kappa shape index (κ3) is 2.95. The van der Waals surface area contributed by atoms with Crippen LogP contribution in [0.3, 0.4) is 0 Å². The average molecular weight is 352 g/mol. The van der Waals surface area contributed by atoms with Gasteiger partial charge in [-0.25, -0.2) is 4.79 Å². The lowest BCUT2D eigenvalue weighted by molar-refractivity contribution is -0.147. The van der Waals surface area contributed by atoms with Crippen molar-refractivity contribution in [1.82, 2.24) is 5.32 Å². The molecule has 3 rings (SSSR count). The number of esters is 1. The van der Waals surface area contributed by atoms with Crippen molar-refractivity contribution in [1.29, 1.82) is 0 Å². The molecule has 0 amide bonds. The third-order valence-electron chi connectivity index (χ3n) is 3.30. The van der Waals surface area contributed by atoms with Gasteiger partial charge in [0.25, 0.3) is 0 Å². The molecule has 0 saturated carbocycles. The van der Waals surface area contributed by atoms with Gasteiger partial charge in [0.1, 0.15) is 12.6 Å². The highest BCUT2D eigenvalue weighted by molar-refractivity contribution is 9.10. The predicted molar refractivity (Wildman–Crippen MR) is 82.7 cm³/mol. The van der Waals surface area contributed by atoms with E-state index in [1.165, 1.54) is 4.88 Å². The van der Waals surface area contributed by atoms with Crippen LogP contribution in [0.15, 0.2) is 40.2 Å². The monoisotopic (exact) mass is 351 g/mol. The Balaban J connectivity index is 1.66. The van der Waals surface area contributed by atoms with E-state index in [2.05, 4.69) is 21.2 Å². The SMILES string of the molecule is O=C(OCc1cccc(Br)c1)C1NCCc2sccc21. The van der Waals surface area contributed by atoms with Crippen molar-refractivity contribution in [3.05, 3.63) is 56.2 Å². The molecule has 2 heterocycles. The van der Waals surface area contributed by atoms with E-state index in [9.17, 15) is 4.79 Å². The van der Waals surface area contributed by atoms with E-state index in [0.29, 0.717) is 6.61 Å². The molecule has 3 nitrogen and oxygen atoms in total. The molecular weight excluding hydrogens is 338 g/mol. The minimum absolute atomic E-state index is 0.204. The van der Waals surface area contributed by atoms with Gasteiger partial charge in [0.05, 0.1) is 0 Å². The summed E-state index contributed by atoms with van der Waals surface area (Å²) in [6.07, 6.45) is 0.989. The van der Waals surface area contributed by atoms with Crippen molar-refractivity contribution in [3.63, 3.8) is 0 Å². The van der Waals surface area contributed by atoms with Gasteiger partial charge in [0.15, 0.2) is 0 Å². The van der Waals surface area contributed by atoms with E-state index in [4.69, 9.17) is 4.74 Å². The Morgan fingerprint density at radius 3 is 3.20 bits per heavy atom. The standard InChI is InChI=1S/C15H14BrNO2S/c16-11-3-1-2-10(8-11)9-19-15(18)14-12-5-7-20-13(12)4-6-17-14/h1-3,5,7-8,14,17H,4,6,9H2. The van der Waals surface area contributed by atoms with Crippen LogP contribution in [-0.4, -0.2) is 12.5 Å². The molecule has 0 saturated heterocycles. The van der Waals surface area contributed by atoms with Crippen LogP contribution in [0.4, 0.5) is 0 Å². The summed E-state index contributed by atoms with van der Waals surface area (Å²) in [5, 5.41) is 5.27. The minimum atomic E-state index is -0.322. The quantitative estimate of drug-likeness (QED) is 0.860. The molecular formula is C15H14BrNO2S. The smallest absolute Gasteiger partial charge is 0.328 e. The highest BCUT2D eigenvalue weighted by Crippen LogP contribution is 2.28. The number of hydrogen-bond donors (Lipinski definition) is 1. The fourth-order valence-corrected chi connectivity index (χ4v) is 3.69. The van der Waals surface area contributed by atoms with Crippen molar-refractivity contribution in [2.75, 3.05) is 6.54 Å². The van der Waals surface area contributed by atoms with Crippen LogP contribution in [0.1, 0.15) is 22.0 Å². The van der Waals surface area contributed by atoms with E-state index < -0.39 is 0 Å². The summed E-state index contributed by atoms with van der Waals surface area (Å²) in [6, 6.07) is 9.48. The van der Waals surface area contributed by atoms with Crippen LogP contribution < -0.4 is 5.32 Å². The summed E-state index contributed by atoms with van der Waals surface area (Å²) in [6.45, 7) is 1.13. The van der Waals surface area contributed by atoms with Crippen LogP contribution in [0, 0.1) is 0 Å². The first kappa shape index (κ1) is 13.8. The Kier molecular flexibility index (Phi) is 4.19. The van der Waals surface area contributed by atoms with Crippen LogP contribution in [0.2, 0.25) is 0 Å². The molecule has 1 atom stereocenters. The molecule has 1 aliphatic heterocycles. The zero-order valence-corrected chi connectivity index (χ0v) is 13.2. The molecule has 0 radical (unpaired) electrons. The normalized spacial score (nSPS) is 17.6. The maximum atomic E-state index is 12.2. The number of ether oxygens (including phenoxy) is 1. The lowest BCUT2D eigenvalue weighted by atomic mass is 10.0. The summed E-state index contributed by atoms with van der Waals surface area (Å²) in [7, 11) is 0. The number of fused-ring (bicyclic) bond motifs is 1. The second kappa shape index (κ2) is 6.08. The van der Waals surface area contributed by atoms with Crippen LogP contribution in [0.25, 0.3) is 0 Å². The number of carbonyl (C=O) groups excluding carboxylic acids is 1. The van der Waals surface area contributed by atoms with Gasteiger partial charge in [-0.1, -0.05) is 28.1 Å². The molecule has 0 spiro atoms. The van der Waals surface area contributed by atoms with Crippen LogP contribution in [0.5, 0.6) is 0 Å². The van der Waals surface area contributed by atoms with Gasteiger partial charge in [-0.2, -0.15) is 0 Å². The molecule has 0 aliphatic carbocycles. The second-order valence-electron chi connectivity index (χ2n) is 4.67. The van der Waals surface area contributed by atoms with Gasteiger partial charge in [-0.15, -0.1) is 11.3 Å². The van der Waals surface area contributed by atoms with Gasteiger partial charge < -0.3 is 10.1 Å². The molecule has 0 bridgehead atoms. The van der Waals surface area contributed by atoms with Crippen LogP contribution in [-0.2, 0) is 22.6 Å². The predicted octanol–water partition coefficient (Wildman–Crippen LogP) is 3.44. The fraction of sp³-hybridized carbons (Fsp3) is 0.267. The van der Waals surface area contributed by atoms with Crippen LogP contribution >= 0.6 is 27.3 Å². The molecule has 1 unspecified atom stereocenters. The summed E-state index contributed by atoms with van der Waals surface area (Å²) in [5.41, 5.74) is 2.05. The summed E-state index contributed by atoms with van der Waals surface area (Å²) in [5.74, 6) is -0.204. The largest absolute Gasteiger partial charge is 0.459 e. The Morgan fingerprint density at radius 2 is 2.35 bits per heavy atom. The maximum Gasteiger partial charge on any atom is 0.328 e.